The minimum Gasteiger partial charge on any atom is -0.462 e. The van der Waals surface area contributed by atoms with Crippen molar-refractivity contribution in [2.24, 2.45) is 23.7 Å². The van der Waals surface area contributed by atoms with E-state index >= 15 is 0 Å². The molecular formula is C76H148O17P2. The van der Waals surface area contributed by atoms with Gasteiger partial charge in [0.05, 0.1) is 26.4 Å². The number of aliphatic hydroxyl groups excluding tert-OH is 1. The highest BCUT2D eigenvalue weighted by Crippen LogP contribution is 2.45. The molecule has 6 atom stereocenters. The van der Waals surface area contributed by atoms with Gasteiger partial charge in [-0.05, 0) is 49.4 Å². The Balaban J connectivity index is 5.16. The molecule has 0 aliphatic rings. The van der Waals surface area contributed by atoms with Gasteiger partial charge in [0.2, 0.25) is 0 Å². The van der Waals surface area contributed by atoms with Crippen LogP contribution in [0.4, 0.5) is 0 Å². The van der Waals surface area contributed by atoms with Gasteiger partial charge in [0, 0.05) is 25.7 Å². The first-order chi connectivity index (χ1) is 45.6. The van der Waals surface area contributed by atoms with E-state index in [-0.39, 0.29) is 25.7 Å². The van der Waals surface area contributed by atoms with Gasteiger partial charge in [-0.3, -0.25) is 37.3 Å². The van der Waals surface area contributed by atoms with Gasteiger partial charge in [0.25, 0.3) is 0 Å². The van der Waals surface area contributed by atoms with E-state index in [4.69, 9.17) is 37.0 Å². The molecule has 0 rings (SSSR count). The fourth-order valence-electron chi connectivity index (χ4n) is 11.5. The molecule has 0 saturated heterocycles. The fourth-order valence-corrected chi connectivity index (χ4v) is 13.1. The number of hydrogen-bond donors (Lipinski definition) is 3. The number of phosphoric acid groups is 2. The zero-order valence-corrected chi connectivity index (χ0v) is 64.1. The molecule has 95 heavy (non-hydrogen) atoms. The summed E-state index contributed by atoms with van der Waals surface area (Å²) in [6.45, 7) is 14.1. The zero-order chi connectivity index (χ0) is 70.3. The quantitative estimate of drug-likeness (QED) is 0.0222. The molecule has 19 heteroatoms. The second-order valence-corrected chi connectivity index (χ2v) is 32.0. The van der Waals surface area contributed by atoms with Crippen molar-refractivity contribution < 1.29 is 80.2 Å². The normalized spacial score (nSPS) is 14.4. The molecule has 0 heterocycles. The summed E-state index contributed by atoms with van der Waals surface area (Å²) in [5.74, 6) is 0.909. The first-order valence-corrected chi connectivity index (χ1v) is 42.2. The number of unbranched alkanes of at least 4 members (excludes halogenated alkanes) is 38. The molecule has 17 nitrogen and oxygen atoms in total. The molecule has 564 valence electrons. The third kappa shape index (κ3) is 69.0. The van der Waals surface area contributed by atoms with Crippen LogP contribution >= 0.6 is 15.6 Å². The number of carbonyl (C=O) groups excluding carboxylic acids is 4. The number of hydrogen-bond acceptors (Lipinski definition) is 15. The standard InChI is InChI=1S/C76H148O17P2/c1-9-69(8)55-47-39-31-23-18-16-14-12-10-11-13-15-17-19-24-32-42-50-58-75(80)92-71(62-86-73(78)56-48-40-34-26-29-37-45-53-67(4)5)64-90-94(82,83)88-60-70(77)61-89-95(84,85)91-65-72(63-87-74(79)57-49-41-35-27-30-38-46-54-68(6)7)93-76(81)59-51-43-33-25-21-20-22-28-36-44-52-66(2)3/h66-72,77H,9-65H2,1-8H3,(H,82,83)(H,84,85)/t69?,70?,71-,72-/m1/s1. The Bertz CT molecular complexity index is 1870. The van der Waals surface area contributed by atoms with Crippen molar-refractivity contribution in [3.8, 4) is 0 Å². The van der Waals surface area contributed by atoms with Gasteiger partial charge in [-0.15, -0.1) is 0 Å². The summed E-state index contributed by atoms with van der Waals surface area (Å²) in [5, 5.41) is 10.6. The summed E-state index contributed by atoms with van der Waals surface area (Å²) in [6, 6.07) is 0. The lowest BCUT2D eigenvalue weighted by Gasteiger charge is -2.21. The topological polar surface area (TPSA) is 237 Å². The number of esters is 4. The largest absolute Gasteiger partial charge is 0.472 e. The molecule has 0 saturated carbocycles. The molecule has 0 spiro atoms. The number of ether oxygens (including phenoxy) is 4. The summed E-state index contributed by atoms with van der Waals surface area (Å²) in [7, 11) is -9.91. The van der Waals surface area contributed by atoms with Gasteiger partial charge in [0.15, 0.2) is 12.2 Å². The summed E-state index contributed by atoms with van der Waals surface area (Å²) in [4.78, 5) is 72.7. The van der Waals surface area contributed by atoms with Crippen LogP contribution in [0.1, 0.15) is 383 Å². The number of carbonyl (C=O) groups is 4. The molecule has 4 unspecified atom stereocenters. The third-order valence-corrected chi connectivity index (χ3v) is 19.8. The van der Waals surface area contributed by atoms with Gasteiger partial charge in [-0.1, -0.05) is 331 Å². The van der Waals surface area contributed by atoms with Crippen LogP contribution in [0.2, 0.25) is 0 Å². The van der Waals surface area contributed by atoms with Crippen LogP contribution in [0, 0.1) is 23.7 Å². The number of phosphoric ester groups is 2. The predicted octanol–water partition coefficient (Wildman–Crippen LogP) is 22.0. The molecule has 0 fully saturated rings. The molecule has 0 radical (unpaired) electrons. The molecule has 3 N–H and O–H groups in total. The van der Waals surface area contributed by atoms with E-state index < -0.39 is 97.5 Å². The van der Waals surface area contributed by atoms with Crippen LogP contribution in [-0.2, 0) is 65.4 Å². The lowest BCUT2D eigenvalue weighted by atomic mass is 9.99. The Kier molecular flexibility index (Phi) is 64.0. The van der Waals surface area contributed by atoms with Crippen LogP contribution < -0.4 is 0 Å². The van der Waals surface area contributed by atoms with E-state index in [1.807, 2.05) is 0 Å². The van der Waals surface area contributed by atoms with E-state index in [1.54, 1.807) is 0 Å². The van der Waals surface area contributed by atoms with Crippen LogP contribution in [0.15, 0.2) is 0 Å². The van der Waals surface area contributed by atoms with Crippen LogP contribution in [0.25, 0.3) is 0 Å². The van der Waals surface area contributed by atoms with E-state index in [2.05, 4.69) is 55.4 Å². The van der Waals surface area contributed by atoms with Crippen LogP contribution in [-0.4, -0.2) is 96.7 Å². The summed E-state index contributed by atoms with van der Waals surface area (Å²) in [5.41, 5.74) is 0. The van der Waals surface area contributed by atoms with E-state index in [1.165, 1.54) is 173 Å². The van der Waals surface area contributed by atoms with Crippen molar-refractivity contribution in [2.45, 2.75) is 401 Å². The highest BCUT2D eigenvalue weighted by atomic mass is 31.2. The van der Waals surface area contributed by atoms with Crippen LogP contribution in [0.3, 0.4) is 0 Å². The first-order valence-electron chi connectivity index (χ1n) is 39.2. The summed E-state index contributed by atoms with van der Waals surface area (Å²) < 4.78 is 68.4. The second-order valence-electron chi connectivity index (χ2n) is 29.1. The van der Waals surface area contributed by atoms with Crippen molar-refractivity contribution in [1.29, 1.82) is 0 Å². The van der Waals surface area contributed by atoms with Gasteiger partial charge in [0.1, 0.15) is 19.3 Å². The predicted molar refractivity (Wildman–Crippen MR) is 386 cm³/mol. The summed E-state index contributed by atoms with van der Waals surface area (Å²) >= 11 is 0. The second kappa shape index (κ2) is 65.4. The molecule has 0 aliphatic carbocycles. The number of aliphatic hydroxyl groups is 1. The first kappa shape index (κ1) is 93.1. The van der Waals surface area contributed by atoms with Crippen LogP contribution in [0.5, 0.6) is 0 Å². The molecule has 0 aromatic carbocycles. The molecule has 0 bridgehead atoms. The Morgan fingerprint density at radius 2 is 0.505 bits per heavy atom. The lowest BCUT2D eigenvalue weighted by Crippen LogP contribution is -2.30. The van der Waals surface area contributed by atoms with Crippen molar-refractivity contribution in [1.82, 2.24) is 0 Å². The minimum atomic E-state index is -4.96. The lowest BCUT2D eigenvalue weighted by molar-refractivity contribution is -0.161. The molecule has 0 aromatic heterocycles. The average Bonchev–Trinajstić information content (AvgIpc) is 1.58. The van der Waals surface area contributed by atoms with Crippen molar-refractivity contribution >= 4 is 39.5 Å². The maximum Gasteiger partial charge on any atom is 0.472 e. The average molecular weight is 1400 g/mol. The van der Waals surface area contributed by atoms with Gasteiger partial charge in [-0.2, -0.15) is 0 Å². The zero-order valence-electron chi connectivity index (χ0n) is 62.3. The Morgan fingerprint density at radius 3 is 0.747 bits per heavy atom. The molecular weight excluding hydrogens is 1250 g/mol. The Morgan fingerprint density at radius 1 is 0.295 bits per heavy atom. The highest BCUT2D eigenvalue weighted by molar-refractivity contribution is 7.47. The van der Waals surface area contributed by atoms with E-state index in [9.17, 15) is 43.2 Å². The maximum absolute atomic E-state index is 13.1. The van der Waals surface area contributed by atoms with Gasteiger partial charge < -0.3 is 33.8 Å². The molecule has 0 aromatic rings. The van der Waals surface area contributed by atoms with E-state index in [0.29, 0.717) is 37.5 Å². The molecule has 0 amide bonds. The van der Waals surface area contributed by atoms with Crippen molar-refractivity contribution in [2.75, 3.05) is 39.6 Å². The fraction of sp³-hybridized carbons (Fsp3) is 0.947. The van der Waals surface area contributed by atoms with Crippen molar-refractivity contribution in [3.05, 3.63) is 0 Å². The SMILES string of the molecule is CCC(C)CCCCCCCCCCCCCCCCCCCCC(=O)O[C@H](COC(=O)CCCCCCCCCC(C)C)COP(=O)(O)OCC(O)COP(=O)(O)OC[C@@H](COC(=O)CCCCCCCCCC(C)C)OC(=O)CCCCCCCCCCCCC(C)C. The van der Waals surface area contributed by atoms with Crippen molar-refractivity contribution in [3.63, 3.8) is 0 Å². The Hall–Kier alpha value is -1.94. The van der Waals surface area contributed by atoms with Gasteiger partial charge in [-0.25, -0.2) is 9.13 Å². The monoisotopic (exact) mass is 1400 g/mol. The minimum absolute atomic E-state index is 0.105. The summed E-state index contributed by atoms with van der Waals surface area (Å²) in [6.07, 6.45) is 50.2. The maximum atomic E-state index is 13.1. The number of rotatable bonds is 73. The third-order valence-electron chi connectivity index (χ3n) is 17.9. The Labute approximate surface area is 581 Å². The van der Waals surface area contributed by atoms with Gasteiger partial charge >= 0.3 is 39.5 Å². The smallest absolute Gasteiger partial charge is 0.462 e. The van der Waals surface area contributed by atoms with E-state index in [0.717, 1.165) is 115 Å². The highest BCUT2D eigenvalue weighted by Gasteiger charge is 2.30. The molecule has 0 aliphatic heterocycles.